The van der Waals surface area contributed by atoms with Crippen molar-refractivity contribution < 1.29 is 4.79 Å². The Morgan fingerprint density at radius 1 is 1.27 bits per heavy atom. The Hall–Kier alpha value is -2.33. The number of aryl methyl sites for hydroxylation is 1. The van der Waals surface area contributed by atoms with Gasteiger partial charge in [-0.25, -0.2) is 4.98 Å². The first-order valence-corrected chi connectivity index (χ1v) is 9.36. The number of rotatable bonds is 5. The van der Waals surface area contributed by atoms with E-state index in [0.29, 0.717) is 23.0 Å². The molecule has 0 bridgehead atoms. The molecule has 1 aliphatic rings. The van der Waals surface area contributed by atoms with Crippen LogP contribution >= 0.6 is 11.6 Å². The number of aromatic nitrogens is 2. The number of benzene rings is 2. The van der Waals surface area contributed by atoms with Gasteiger partial charge in [-0.3, -0.25) is 4.79 Å². The molecular weight excluding hydrogens is 346 g/mol. The zero-order chi connectivity index (χ0) is 18.3. The third-order valence-corrected chi connectivity index (χ3v) is 5.15. The van der Waals surface area contributed by atoms with Crippen molar-refractivity contribution in [3.63, 3.8) is 0 Å². The minimum atomic E-state index is 0.0109. The van der Waals surface area contributed by atoms with Gasteiger partial charge in [0.1, 0.15) is 5.82 Å². The topological polar surface area (TPSA) is 38.1 Å². The third-order valence-electron chi connectivity index (χ3n) is 4.92. The summed E-state index contributed by atoms with van der Waals surface area (Å²) in [5.74, 6) is 1.64. The molecule has 134 valence electrons. The van der Waals surface area contributed by atoms with Crippen molar-refractivity contribution in [2.75, 3.05) is 7.05 Å². The van der Waals surface area contributed by atoms with Crippen molar-refractivity contribution in [3.05, 3.63) is 64.4 Å². The average Bonchev–Trinajstić information content (AvgIpc) is 3.38. The number of amides is 1. The maximum Gasteiger partial charge on any atom is 0.254 e. The molecule has 1 aliphatic carbocycles. The highest BCUT2D eigenvalue weighted by molar-refractivity contribution is 6.31. The van der Waals surface area contributed by atoms with Crippen LogP contribution in [-0.4, -0.2) is 27.4 Å². The monoisotopic (exact) mass is 367 g/mol. The number of imidazole rings is 1. The van der Waals surface area contributed by atoms with E-state index in [1.54, 1.807) is 4.90 Å². The van der Waals surface area contributed by atoms with Crippen LogP contribution in [0.5, 0.6) is 0 Å². The highest BCUT2D eigenvalue weighted by atomic mass is 35.5. The van der Waals surface area contributed by atoms with Crippen molar-refractivity contribution >= 4 is 28.5 Å². The minimum absolute atomic E-state index is 0.0109. The molecule has 5 heteroatoms. The SMILES string of the molecule is Cc1cccc(C(=O)N(C)Cc2nc3ccc(Cl)cc3n2CC2CC2)c1. The van der Waals surface area contributed by atoms with E-state index in [2.05, 4.69) is 4.57 Å². The molecule has 0 atom stereocenters. The maximum absolute atomic E-state index is 12.8. The summed E-state index contributed by atoms with van der Waals surface area (Å²) in [5.41, 5.74) is 3.78. The van der Waals surface area contributed by atoms with Crippen LogP contribution in [0.2, 0.25) is 5.02 Å². The number of hydrogen-bond acceptors (Lipinski definition) is 2. The molecule has 0 unspecified atom stereocenters. The second-order valence-electron chi connectivity index (χ2n) is 7.25. The van der Waals surface area contributed by atoms with Gasteiger partial charge in [0.05, 0.1) is 17.6 Å². The lowest BCUT2D eigenvalue weighted by Gasteiger charge is -2.18. The molecule has 0 aliphatic heterocycles. The summed E-state index contributed by atoms with van der Waals surface area (Å²) >= 11 is 6.20. The van der Waals surface area contributed by atoms with E-state index in [-0.39, 0.29) is 5.91 Å². The van der Waals surface area contributed by atoms with Crippen molar-refractivity contribution in [2.45, 2.75) is 32.9 Å². The van der Waals surface area contributed by atoms with E-state index in [1.165, 1.54) is 12.8 Å². The molecule has 3 aromatic rings. The Labute approximate surface area is 158 Å². The van der Waals surface area contributed by atoms with Gasteiger partial charge in [-0.05, 0) is 56.0 Å². The van der Waals surface area contributed by atoms with Gasteiger partial charge in [-0.15, -0.1) is 0 Å². The van der Waals surface area contributed by atoms with Crippen molar-refractivity contribution in [1.82, 2.24) is 14.5 Å². The fourth-order valence-corrected chi connectivity index (χ4v) is 3.48. The predicted molar refractivity (Wildman–Crippen MR) is 104 cm³/mol. The minimum Gasteiger partial charge on any atom is -0.334 e. The second kappa shape index (κ2) is 6.76. The molecule has 4 rings (SSSR count). The third kappa shape index (κ3) is 3.47. The Balaban J connectivity index is 1.64. The van der Waals surface area contributed by atoms with Crippen molar-refractivity contribution in [2.24, 2.45) is 5.92 Å². The molecule has 1 saturated carbocycles. The molecular formula is C21H22ClN3O. The van der Waals surface area contributed by atoms with Gasteiger partial charge < -0.3 is 9.47 Å². The summed E-state index contributed by atoms with van der Waals surface area (Å²) in [7, 11) is 1.83. The van der Waals surface area contributed by atoms with Crippen LogP contribution in [-0.2, 0) is 13.1 Å². The summed E-state index contributed by atoms with van der Waals surface area (Å²) in [5, 5.41) is 0.713. The quantitative estimate of drug-likeness (QED) is 0.656. The van der Waals surface area contributed by atoms with Gasteiger partial charge in [0, 0.05) is 24.2 Å². The number of hydrogen-bond donors (Lipinski definition) is 0. The Bertz CT molecular complexity index is 975. The Morgan fingerprint density at radius 2 is 2.08 bits per heavy atom. The smallest absolute Gasteiger partial charge is 0.254 e. The van der Waals surface area contributed by atoms with Gasteiger partial charge in [-0.2, -0.15) is 0 Å². The Morgan fingerprint density at radius 3 is 2.81 bits per heavy atom. The highest BCUT2D eigenvalue weighted by Crippen LogP contribution is 2.33. The fourth-order valence-electron chi connectivity index (χ4n) is 3.31. The lowest BCUT2D eigenvalue weighted by molar-refractivity contribution is 0.0780. The number of halogens is 1. The van der Waals surface area contributed by atoms with E-state index in [9.17, 15) is 4.79 Å². The van der Waals surface area contributed by atoms with Gasteiger partial charge in [-0.1, -0.05) is 29.3 Å². The van der Waals surface area contributed by atoms with Crippen molar-refractivity contribution in [3.8, 4) is 0 Å². The number of fused-ring (bicyclic) bond motifs is 1. The molecule has 0 radical (unpaired) electrons. The predicted octanol–water partition coefficient (Wildman–Crippen LogP) is 4.68. The second-order valence-corrected chi connectivity index (χ2v) is 7.68. The first-order valence-electron chi connectivity index (χ1n) is 8.98. The molecule has 4 nitrogen and oxygen atoms in total. The van der Waals surface area contributed by atoms with Crippen LogP contribution in [0.3, 0.4) is 0 Å². The summed E-state index contributed by atoms with van der Waals surface area (Å²) in [6, 6.07) is 13.5. The first-order chi connectivity index (χ1) is 12.5. The van der Waals surface area contributed by atoms with Gasteiger partial charge in [0.25, 0.3) is 5.91 Å². The number of nitrogens with zero attached hydrogens (tertiary/aromatic N) is 3. The lowest BCUT2D eigenvalue weighted by atomic mass is 10.1. The van der Waals surface area contributed by atoms with Crippen LogP contribution in [0.25, 0.3) is 11.0 Å². The fraction of sp³-hybridized carbons (Fsp3) is 0.333. The molecule has 1 aromatic heterocycles. The molecule has 2 aromatic carbocycles. The largest absolute Gasteiger partial charge is 0.334 e. The van der Waals surface area contributed by atoms with E-state index < -0.39 is 0 Å². The normalized spacial score (nSPS) is 14.0. The molecule has 1 heterocycles. The van der Waals surface area contributed by atoms with Crippen LogP contribution < -0.4 is 0 Å². The molecule has 0 N–H and O–H groups in total. The van der Waals surface area contributed by atoms with Gasteiger partial charge in [0.15, 0.2) is 0 Å². The van der Waals surface area contributed by atoms with Crippen LogP contribution in [0.15, 0.2) is 42.5 Å². The van der Waals surface area contributed by atoms with E-state index >= 15 is 0 Å². The Kier molecular flexibility index (Phi) is 4.45. The zero-order valence-corrected chi connectivity index (χ0v) is 15.8. The van der Waals surface area contributed by atoms with Crippen LogP contribution in [0, 0.1) is 12.8 Å². The average molecular weight is 368 g/mol. The summed E-state index contributed by atoms with van der Waals surface area (Å²) < 4.78 is 2.24. The van der Waals surface area contributed by atoms with E-state index in [0.717, 1.165) is 29.0 Å². The summed E-state index contributed by atoms with van der Waals surface area (Å²) in [4.78, 5) is 19.3. The summed E-state index contributed by atoms with van der Waals surface area (Å²) in [6.07, 6.45) is 2.52. The van der Waals surface area contributed by atoms with Crippen LogP contribution in [0.4, 0.5) is 0 Å². The number of carbonyl (C=O) groups excluding carboxylic acids is 1. The van der Waals surface area contributed by atoms with Gasteiger partial charge >= 0.3 is 0 Å². The molecule has 1 amide bonds. The van der Waals surface area contributed by atoms with Gasteiger partial charge in [0.2, 0.25) is 0 Å². The van der Waals surface area contributed by atoms with E-state index in [4.69, 9.17) is 16.6 Å². The summed E-state index contributed by atoms with van der Waals surface area (Å²) in [6.45, 7) is 3.42. The standard InChI is InChI=1S/C21H22ClN3O/c1-14-4-3-5-16(10-14)21(26)24(2)13-20-23-18-9-8-17(22)11-19(18)25(20)12-15-6-7-15/h3-5,8-11,15H,6-7,12-13H2,1-2H3. The van der Waals surface area contributed by atoms with Crippen LogP contribution in [0.1, 0.15) is 34.6 Å². The maximum atomic E-state index is 12.8. The molecule has 26 heavy (non-hydrogen) atoms. The molecule has 0 spiro atoms. The lowest BCUT2D eigenvalue weighted by Crippen LogP contribution is -2.28. The molecule has 1 fully saturated rings. The zero-order valence-electron chi connectivity index (χ0n) is 15.1. The number of carbonyl (C=O) groups is 1. The highest BCUT2D eigenvalue weighted by Gasteiger charge is 2.25. The van der Waals surface area contributed by atoms with E-state index in [1.807, 2.05) is 56.4 Å². The van der Waals surface area contributed by atoms with Crippen molar-refractivity contribution in [1.29, 1.82) is 0 Å². The molecule has 0 saturated heterocycles. The first kappa shape index (κ1) is 17.1.